The van der Waals surface area contributed by atoms with E-state index in [4.69, 9.17) is 20.8 Å². The van der Waals surface area contributed by atoms with E-state index in [0.29, 0.717) is 39.7 Å². The number of hydrogen-bond acceptors (Lipinski definition) is 3. The molecular formula is C25H21ClO3. The minimum absolute atomic E-state index is 0.0628. The molecule has 0 bridgehead atoms. The van der Waals surface area contributed by atoms with Gasteiger partial charge in [-0.2, -0.15) is 0 Å². The van der Waals surface area contributed by atoms with Crippen LogP contribution >= 0.6 is 11.6 Å². The Hall–Kier alpha value is -3.04. The molecule has 0 radical (unpaired) electrons. The number of hydrogen-bond donors (Lipinski definition) is 0. The Morgan fingerprint density at radius 2 is 1.69 bits per heavy atom. The first kappa shape index (κ1) is 19.3. The number of fused-ring (bicyclic) bond motifs is 1. The zero-order chi connectivity index (χ0) is 20.5. The van der Waals surface area contributed by atoms with Crippen LogP contribution in [0, 0.1) is 20.8 Å². The highest BCUT2D eigenvalue weighted by Crippen LogP contribution is 2.27. The van der Waals surface area contributed by atoms with Crippen LogP contribution in [0.5, 0.6) is 5.75 Å². The van der Waals surface area contributed by atoms with Crippen LogP contribution in [0.4, 0.5) is 0 Å². The van der Waals surface area contributed by atoms with Crippen molar-refractivity contribution < 1.29 is 9.15 Å². The molecule has 4 rings (SSSR count). The van der Waals surface area contributed by atoms with E-state index in [2.05, 4.69) is 32.0 Å². The number of ether oxygens (including phenoxy) is 1. The molecule has 0 fully saturated rings. The predicted octanol–water partition coefficient (Wildman–Crippen LogP) is 6.62. The smallest absolute Gasteiger partial charge is 0.200 e. The first-order valence-electron chi connectivity index (χ1n) is 9.45. The molecule has 29 heavy (non-hydrogen) atoms. The third-order valence-electron chi connectivity index (χ3n) is 5.07. The second-order valence-electron chi connectivity index (χ2n) is 7.25. The fraction of sp³-hybridized carbons (Fsp3) is 0.160. The number of halogens is 1. The van der Waals surface area contributed by atoms with Crippen molar-refractivity contribution in [2.24, 2.45) is 0 Å². The molecule has 0 unspecified atom stereocenters. The van der Waals surface area contributed by atoms with E-state index >= 15 is 0 Å². The van der Waals surface area contributed by atoms with Crippen LogP contribution in [0.1, 0.15) is 22.5 Å². The number of rotatable bonds is 4. The summed E-state index contributed by atoms with van der Waals surface area (Å²) in [4.78, 5) is 13.1. The lowest BCUT2D eigenvalue weighted by Crippen LogP contribution is -2.07. The standard InChI is InChI=1S/C25H21ClO3/c1-15-4-5-16(2)19(12-15)14-28-21-10-11-22-23(13-21)29-17(3)24(25(22)27)18-6-8-20(26)9-7-18/h4-13H,14H2,1-3H3. The number of aryl methyl sites for hydroxylation is 3. The van der Waals surface area contributed by atoms with Gasteiger partial charge >= 0.3 is 0 Å². The first-order chi connectivity index (χ1) is 13.9. The summed E-state index contributed by atoms with van der Waals surface area (Å²) in [6, 6.07) is 18.8. The molecule has 4 heteroatoms. The Morgan fingerprint density at radius 1 is 0.931 bits per heavy atom. The minimum atomic E-state index is -0.0628. The van der Waals surface area contributed by atoms with Crippen LogP contribution in [0.3, 0.4) is 0 Å². The van der Waals surface area contributed by atoms with Crippen LogP contribution in [0.25, 0.3) is 22.1 Å². The van der Waals surface area contributed by atoms with Crippen molar-refractivity contribution in [1.29, 1.82) is 0 Å². The van der Waals surface area contributed by atoms with Crippen molar-refractivity contribution in [3.63, 3.8) is 0 Å². The lowest BCUT2D eigenvalue weighted by molar-refractivity contribution is 0.305. The van der Waals surface area contributed by atoms with Gasteiger partial charge in [-0.3, -0.25) is 4.79 Å². The molecular weight excluding hydrogens is 384 g/mol. The van der Waals surface area contributed by atoms with E-state index in [1.165, 1.54) is 11.1 Å². The Morgan fingerprint density at radius 3 is 2.45 bits per heavy atom. The molecule has 0 atom stereocenters. The molecule has 0 saturated heterocycles. The zero-order valence-corrected chi connectivity index (χ0v) is 17.3. The van der Waals surface area contributed by atoms with Crippen LogP contribution < -0.4 is 10.2 Å². The summed E-state index contributed by atoms with van der Waals surface area (Å²) in [5.74, 6) is 1.23. The van der Waals surface area contributed by atoms with E-state index < -0.39 is 0 Å². The maximum Gasteiger partial charge on any atom is 0.200 e. The highest BCUT2D eigenvalue weighted by molar-refractivity contribution is 6.30. The summed E-state index contributed by atoms with van der Waals surface area (Å²) < 4.78 is 11.9. The van der Waals surface area contributed by atoms with Gasteiger partial charge in [0.15, 0.2) is 0 Å². The monoisotopic (exact) mass is 404 g/mol. The van der Waals surface area contributed by atoms with Gasteiger partial charge in [0.05, 0.1) is 10.9 Å². The summed E-state index contributed by atoms with van der Waals surface area (Å²) in [6.07, 6.45) is 0. The molecule has 3 aromatic carbocycles. The van der Waals surface area contributed by atoms with E-state index in [0.717, 1.165) is 11.1 Å². The van der Waals surface area contributed by atoms with E-state index in [1.807, 2.05) is 18.2 Å². The molecule has 0 N–H and O–H groups in total. The van der Waals surface area contributed by atoms with Crippen molar-refractivity contribution in [3.05, 3.63) is 98.4 Å². The summed E-state index contributed by atoms with van der Waals surface area (Å²) >= 11 is 5.97. The van der Waals surface area contributed by atoms with E-state index in [1.54, 1.807) is 31.2 Å². The Labute approximate surface area is 174 Å². The van der Waals surface area contributed by atoms with Crippen molar-refractivity contribution in [1.82, 2.24) is 0 Å². The topological polar surface area (TPSA) is 39.4 Å². The maximum absolute atomic E-state index is 13.1. The van der Waals surface area contributed by atoms with E-state index in [-0.39, 0.29) is 5.43 Å². The van der Waals surface area contributed by atoms with Gasteiger partial charge in [-0.15, -0.1) is 0 Å². The third-order valence-corrected chi connectivity index (χ3v) is 5.32. The Bertz CT molecular complexity index is 1250. The van der Waals surface area contributed by atoms with Gasteiger partial charge in [0, 0.05) is 11.1 Å². The summed E-state index contributed by atoms with van der Waals surface area (Å²) in [5, 5.41) is 1.15. The van der Waals surface area contributed by atoms with Gasteiger partial charge in [-0.05, 0) is 61.7 Å². The molecule has 0 aliphatic carbocycles. The highest BCUT2D eigenvalue weighted by atomic mass is 35.5. The summed E-state index contributed by atoms with van der Waals surface area (Å²) in [5.41, 5.74) is 5.32. The second-order valence-corrected chi connectivity index (χ2v) is 7.68. The van der Waals surface area contributed by atoms with Crippen LogP contribution in [-0.2, 0) is 6.61 Å². The van der Waals surface area contributed by atoms with Gasteiger partial charge in [-0.1, -0.05) is 47.5 Å². The normalized spacial score (nSPS) is 11.0. The molecule has 3 nitrogen and oxygen atoms in total. The maximum atomic E-state index is 13.1. The molecule has 1 aromatic heterocycles. The van der Waals surface area contributed by atoms with Gasteiger partial charge in [-0.25, -0.2) is 0 Å². The molecule has 0 spiro atoms. The van der Waals surface area contributed by atoms with Crippen molar-refractivity contribution in [2.75, 3.05) is 0 Å². The lowest BCUT2D eigenvalue weighted by Gasteiger charge is -2.11. The Kier molecular flexibility index (Phi) is 5.16. The fourth-order valence-electron chi connectivity index (χ4n) is 3.44. The average Bonchev–Trinajstić information content (AvgIpc) is 2.70. The minimum Gasteiger partial charge on any atom is -0.489 e. The molecule has 0 aliphatic rings. The van der Waals surface area contributed by atoms with E-state index in [9.17, 15) is 4.79 Å². The fourth-order valence-corrected chi connectivity index (χ4v) is 3.57. The predicted molar refractivity (Wildman–Crippen MR) is 118 cm³/mol. The number of benzene rings is 3. The Balaban J connectivity index is 1.68. The SMILES string of the molecule is Cc1ccc(C)c(COc2ccc3c(=O)c(-c4ccc(Cl)cc4)c(C)oc3c2)c1. The molecule has 0 saturated carbocycles. The van der Waals surface area contributed by atoms with Crippen LogP contribution in [-0.4, -0.2) is 0 Å². The van der Waals surface area contributed by atoms with Gasteiger partial charge < -0.3 is 9.15 Å². The molecule has 0 aliphatic heterocycles. The first-order valence-corrected chi connectivity index (χ1v) is 9.82. The molecule has 4 aromatic rings. The average molecular weight is 405 g/mol. The zero-order valence-electron chi connectivity index (χ0n) is 16.6. The quantitative estimate of drug-likeness (QED) is 0.383. The highest BCUT2D eigenvalue weighted by Gasteiger charge is 2.14. The second kappa shape index (κ2) is 7.76. The van der Waals surface area contributed by atoms with Crippen molar-refractivity contribution in [2.45, 2.75) is 27.4 Å². The van der Waals surface area contributed by atoms with Gasteiger partial charge in [0.1, 0.15) is 23.7 Å². The van der Waals surface area contributed by atoms with Crippen molar-refractivity contribution >= 4 is 22.6 Å². The van der Waals surface area contributed by atoms with Crippen LogP contribution in [0.15, 0.2) is 69.9 Å². The largest absolute Gasteiger partial charge is 0.489 e. The molecule has 1 heterocycles. The molecule has 146 valence electrons. The van der Waals surface area contributed by atoms with Crippen LogP contribution in [0.2, 0.25) is 5.02 Å². The van der Waals surface area contributed by atoms with Gasteiger partial charge in [0.25, 0.3) is 0 Å². The third kappa shape index (κ3) is 3.92. The van der Waals surface area contributed by atoms with Crippen molar-refractivity contribution in [3.8, 4) is 16.9 Å². The lowest BCUT2D eigenvalue weighted by atomic mass is 10.0. The summed E-state index contributed by atoms with van der Waals surface area (Å²) in [7, 11) is 0. The molecule has 0 amide bonds. The summed E-state index contributed by atoms with van der Waals surface area (Å²) in [6.45, 7) is 6.40. The van der Waals surface area contributed by atoms with Gasteiger partial charge in [0.2, 0.25) is 5.43 Å².